The average Bonchev–Trinajstić information content (AvgIpc) is 3.20. The molecule has 0 spiro atoms. The number of nitrogens with zero attached hydrogens (tertiary/aromatic N) is 2. The number of hydrogen-bond donors (Lipinski definition) is 2. The number of carbonyl (C=O) groups excluding carboxylic acids is 1. The van der Waals surface area contributed by atoms with Gasteiger partial charge in [-0.1, -0.05) is 6.07 Å². The number of aromatic nitrogens is 2. The monoisotopic (exact) mass is 382 g/mol. The smallest absolute Gasteiger partial charge is 0.319 e. The van der Waals surface area contributed by atoms with Crippen LogP contribution in [0.15, 0.2) is 54.2 Å². The van der Waals surface area contributed by atoms with Crippen LogP contribution in [0.2, 0.25) is 0 Å². The van der Waals surface area contributed by atoms with Crippen molar-refractivity contribution in [2.75, 3.05) is 5.32 Å². The molecule has 2 N–H and O–H groups in total. The van der Waals surface area contributed by atoms with Crippen molar-refractivity contribution < 1.29 is 9.53 Å². The lowest BCUT2D eigenvalue weighted by atomic mass is 10.1. The molecule has 2 aromatic heterocycles. The van der Waals surface area contributed by atoms with Crippen LogP contribution < -0.4 is 15.4 Å². The van der Waals surface area contributed by atoms with Crippen molar-refractivity contribution in [2.45, 2.75) is 25.5 Å². The van der Waals surface area contributed by atoms with Crippen molar-refractivity contribution in [2.24, 2.45) is 13.0 Å². The summed E-state index contributed by atoms with van der Waals surface area (Å²) in [7, 11) is 1.95. The third-order valence-electron chi connectivity index (χ3n) is 4.59. The average molecular weight is 382 g/mol. The van der Waals surface area contributed by atoms with Crippen LogP contribution in [0.25, 0.3) is 0 Å². The second kappa shape index (κ2) is 7.84. The number of anilines is 1. The number of benzene rings is 1. The van der Waals surface area contributed by atoms with Crippen LogP contribution >= 0.6 is 11.3 Å². The molecule has 4 rings (SSSR count). The topological polar surface area (TPSA) is 68.2 Å². The van der Waals surface area contributed by atoms with E-state index < -0.39 is 0 Å². The van der Waals surface area contributed by atoms with Gasteiger partial charge in [0.1, 0.15) is 18.2 Å². The van der Waals surface area contributed by atoms with Crippen molar-refractivity contribution in [1.29, 1.82) is 0 Å². The molecule has 0 unspecified atom stereocenters. The first kappa shape index (κ1) is 17.6. The first-order valence-electron chi connectivity index (χ1n) is 8.99. The minimum atomic E-state index is -0.220. The van der Waals surface area contributed by atoms with Gasteiger partial charge < -0.3 is 19.9 Å². The van der Waals surface area contributed by atoms with Gasteiger partial charge in [-0.2, -0.15) is 0 Å². The third-order valence-corrected chi connectivity index (χ3v) is 5.44. The molecule has 1 atom stereocenters. The molecular weight excluding hydrogens is 360 g/mol. The maximum atomic E-state index is 12.4. The van der Waals surface area contributed by atoms with E-state index in [9.17, 15) is 4.79 Å². The van der Waals surface area contributed by atoms with Gasteiger partial charge in [-0.25, -0.2) is 9.78 Å². The Morgan fingerprint density at radius 2 is 2.15 bits per heavy atom. The second-order valence-electron chi connectivity index (χ2n) is 6.70. The fourth-order valence-electron chi connectivity index (χ4n) is 2.99. The number of imidazole rings is 1. The molecule has 7 heteroatoms. The molecule has 140 valence electrons. The SMILES string of the molecule is Cn1ccnc1[C@@H](NC(=O)Nc1ccc(OCc2cccs2)cc1)C1CC1. The van der Waals surface area contributed by atoms with Crippen molar-refractivity contribution >= 4 is 23.1 Å². The van der Waals surface area contributed by atoms with Crippen molar-refractivity contribution in [1.82, 2.24) is 14.9 Å². The van der Waals surface area contributed by atoms with E-state index in [-0.39, 0.29) is 12.1 Å². The number of ether oxygens (including phenoxy) is 1. The molecule has 0 aliphatic heterocycles. The number of amides is 2. The highest BCUT2D eigenvalue weighted by atomic mass is 32.1. The Kier molecular flexibility index (Phi) is 5.11. The molecule has 2 heterocycles. The molecule has 0 saturated heterocycles. The highest BCUT2D eigenvalue weighted by Gasteiger charge is 2.35. The van der Waals surface area contributed by atoms with Crippen molar-refractivity contribution in [3.8, 4) is 5.75 Å². The lowest BCUT2D eigenvalue weighted by Crippen LogP contribution is -2.35. The summed E-state index contributed by atoms with van der Waals surface area (Å²) in [6, 6.07) is 11.2. The van der Waals surface area contributed by atoms with Crippen LogP contribution in [0, 0.1) is 5.92 Å². The number of rotatable bonds is 7. The molecule has 0 radical (unpaired) electrons. The summed E-state index contributed by atoms with van der Waals surface area (Å²) >= 11 is 1.67. The lowest BCUT2D eigenvalue weighted by molar-refractivity contribution is 0.246. The zero-order chi connectivity index (χ0) is 18.6. The molecule has 1 aliphatic carbocycles. The predicted molar refractivity (Wildman–Crippen MR) is 106 cm³/mol. The Balaban J connectivity index is 1.33. The van der Waals surface area contributed by atoms with Gasteiger partial charge >= 0.3 is 6.03 Å². The Bertz CT molecular complexity index is 885. The Hall–Kier alpha value is -2.80. The zero-order valence-electron chi connectivity index (χ0n) is 15.1. The van der Waals surface area contributed by atoms with E-state index in [1.54, 1.807) is 17.5 Å². The first-order valence-corrected chi connectivity index (χ1v) is 9.87. The van der Waals surface area contributed by atoms with Crippen LogP contribution in [-0.2, 0) is 13.7 Å². The van der Waals surface area contributed by atoms with E-state index in [1.807, 2.05) is 59.6 Å². The molecular formula is C20H22N4O2S. The highest BCUT2D eigenvalue weighted by Crippen LogP contribution is 2.40. The molecule has 1 aliphatic rings. The fourth-order valence-corrected chi connectivity index (χ4v) is 3.61. The maximum absolute atomic E-state index is 12.4. The van der Waals surface area contributed by atoms with Gasteiger partial charge in [0.2, 0.25) is 0 Å². The lowest BCUT2D eigenvalue weighted by Gasteiger charge is -2.18. The van der Waals surface area contributed by atoms with Gasteiger partial charge in [0.25, 0.3) is 0 Å². The quantitative estimate of drug-likeness (QED) is 0.639. The van der Waals surface area contributed by atoms with Crippen LogP contribution in [0.1, 0.15) is 29.6 Å². The van der Waals surface area contributed by atoms with E-state index in [1.165, 1.54) is 4.88 Å². The largest absolute Gasteiger partial charge is 0.488 e. The summed E-state index contributed by atoms with van der Waals surface area (Å²) in [5, 5.41) is 7.99. The summed E-state index contributed by atoms with van der Waals surface area (Å²) in [5.41, 5.74) is 0.727. The first-order chi connectivity index (χ1) is 13.2. The standard InChI is InChI=1S/C20H22N4O2S/c1-24-11-10-21-19(24)18(14-4-5-14)23-20(25)22-15-6-8-16(9-7-15)26-13-17-3-2-12-27-17/h2-3,6-12,14,18H,4-5,13H2,1H3,(H2,22,23,25)/t18-/m0/s1. The van der Waals surface area contributed by atoms with E-state index in [2.05, 4.69) is 15.6 Å². The van der Waals surface area contributed by atoms with E-state index in [0.29, 0.717) is 12.5 Å². The normalized spacial score (nSPS) is 14.6. The summed E-state index contributed by atoms with van der Waals surface area (Å²) < 4.78 is 7.71. The molecule has 3 aromatic rings. The number of carbonyl (C=O) groups is 1. The molecule has 6 nitrogen and oxygen atoms in total. The van der Waals surface area contributed by atoms with Gasteiger partial charge in [0, 0.05) is 30.0 Å². The van der Waals surface area contributed by atoms with Crippen LogP contribution in [0.5, 0.6) is 5.75 Å². The van der Waals surface area contributed by atoms with Gasteiger partial charge in [-0.3, -0.25) is 0 Å². The van der Waals surface area contributed by atoms with Crippen LogP contribution in [0.4, 0.5) is 10.5 Å². The summed E-state index contributed by atoms with van der Waals surface area (Å²) in [6.45, 7) is 0.553. The van der Waals surface area contributed by atoms with Crippen molar-refractivity contribution in [3.05, 3.63) is 64.9 Å². The number of hydrogen-bond acceptors (Lipinski definition) is 4. The zero-order valence-corrected chi connectivity index (χ0v) is 15.9. The minimum Gasteiger partial charge on any atom is -0.488 e. The van der Waals surface area contributed by atoms with Gasteiger partial charge in [0.05, 0.1) is 6.04 Å². The van der Waals surface area contributed by atoms with Gasteiger partial charge in [-0.15, -0.1) is 11.3 Å². The summed E-state index contributed by atoms with van der Waals surface area (Å²) in [6.07, 6.45) is 5.90. The van der Waals surface area contributed by atoms with Crippen LogP contribution in [0.3, 0.4) is 0 Å². The number of thiophene rings is 1. The number of nitrogens with one attached hydrogen (secondary N) is 2. The molecule has 2 amide bonds. The molecule has 0 bridgehead atoms. The Morgan fingerprint density at radius 1 is 1.33 bits per heavy atom. The maximum Gasteiger partial charge on any atom is 0.319 e. The Morgan fingerprint density at radius 3 is 2.78 bits per heavy atom. The predicted octanol–water partition coefficient (Wildman–Crippen LogP) is 4.33. The Labute approximate surface area is 162 Å². The van der Waals surface area contributed by atoms with E-state index >= 15 is 0 Å². The van der Waals surface area contributed by atoms with E-state index in [4.69, 9.17) is 4.74 Å². The molecule has 1 fully saturated rings. The van der Waals surface area contributed by atoms with Crippen LogP contribution in [-0.4, -0.2) is 15.6 Å². The third kappa shape index (κ3) is 4.49. The van der Waals surface area contributed by atoms with Gasteiger partial charge in [-0.05, 0) is 54.5 Å². The number of aryl methyl sites for hydroxylation is 1. The second-order valence-corrected chi connectivity index (χ2v) is 7.73. The summed E-state index contributed by atoms with van der Waals surface area (Å²) in [4.78, 5) is 18.0. The minimum absolute atomic E-state index is 0.0570. The number of urea groups is 1. The molecule has 1 aromatic carbocycles. The summed E-state index contributed by atoms with van der Waals surface area (Å²) in [5.74, 6) is 2.13. The highest BCUT2D eigenvalue weighted by molar-refractivity contribution is 7.09. The van der Waals surface area contributed by atoms with Gasteiger partial charge in [0.15, 0.2) is 0 Å². The fraction of sp³-hybridized carbons (Fsp3) is 0.300. The van der Waals surface area contributed by atoms with E-state index in [0.717, 1.165) is 30.1 Å². The molecule has 1 saturated carbocycles. The molecule has 27 heavy (non-hydrogen) atoms. The van der Waals surface area contributed by atoms with Crippen molar-refractivity contribution in [3.63, 3.8) is 0 Å².